The van der Waals surface area contributed by atoms with Gasteiger partial charge in [0, 0.05) is 12.8 Å². The van der Waals surface area contributed by atoms with Crippen LogP contribution in [0.3, 0.4) is 0 Å². The summed E-state index contributed by atoms with van der Waals surface area (Å²) >= 11 is 0. The summed E-state index contributed by atoms with van der Waals surface area (Å²) in [5.41, 5.74) is 6.52. The van der Waals surface area contributed by atoms with Gasteiger partial charge in [-0.2, -0.15) is 0 Å². The molecule has 0 heterocycles. The number of carboxylic acid groups (broad SMARTS) is 1. The maximum atomic E-state index is 13.9. The van der Waals surface area contributed by atoms with Gasteiger partial charge in [-0.1, -0.05) is 56.3 Å². The second kappa shape index (κ2) is 22.6. The fraction of sp³-hybridized carbons (Fsp3) is 0.472. The van der Waals surface area contributed by atoms with Crippen LogP contribution in [-0.4, -0.2) is 129 Å². The lowest BCUT2D eigenvalue weighted by atomic mass is 9.99. The van der Waals surface area contributed by atoms with E-state index in [9.17, 15) is 54.0 Å². The Morgan fingerprint density at radius 1 is 0.545 bits per heavy atom. The van der Waals surface area contributed by atoms with E-state index in [1.807, 2.05) is 0 Å². The van der Waals surface area contributed by atoms with Crippen LogP contribution >= 0.6 is 0 Å². The Morgan fingerprint density at radius 2 is 0.982 bits per heavy atom. The number of carbonyl (C=O) groups excluding carboxylic acids is 6. The van der Waals surface area contributed by atoms with Gasteiger partial charge in [-0.25, -0.2) is 4.79 Å². The average Bonchev–Trinajstić information content (AvgIpc) is 3.15. The predicted octanol–water partition coefficient (Wildman–Crippen LogP) is -3.46. The Kier molecular flexibility index (Phi) is 18.7. The number of phenols is 1. The molecule has 2 rings (SSSR count). The van der Waals surface area contributed by atoms with Crippen molar-refractivity contribution in [3.8, 4) is 5.75 Å². The minimum Gasteiger partial charge on any atom is -0.508 e. The van der Waals surface area contributed by atoms with Gasteiger partial charge in [-0.15, -0.1) is 0 Å². The van der Waals surface area contributed by atoms with E-state index < -0.39 is 104 Å². The van der Waals surface area contributed by atoms with Crippen LogP contribution < -0.4 is 37.6 Å². The average molecular weight is 774 g/mol. The van der Waals surface area contributed by atoms with E-state index in [0.29, 0.717) is 11.1 Å². The lowest BCUT2D eigenvalue weighted by molar-refractivity contribution is -0.143. The van der Waals surface area contributed by atoms with Crippen molar-refractivity contribution in [1.29, 1.82) is 0 Å². The van der Waals surface area contributed by atoms with Crippen molar-refractivity contribution in [1.82, 2.24) is 31.9 Å². The third-order valence-electron chi connectivity index (χ3n) is 8.16. The zero-order valence-corrected chi connectivity index (χ0v) is 30.7. The molecule has 0 radical (unpaired) electrons. The first-order chi connectivity index (χ1) is 26.0. The Labute approximate surface area is 317 Å². The van der Waals surface area contributed by atoms with Gasteiger partial charge in [-0.3, -0.25) is 28.8 Å². The molecule has 55 heavy (non-hydrogen) atoms. The smallest absolute Gasteiger partial charge is 0.328 e. The minimum absolute atomic E-state index is 0.0460. The number of aromatic hydroxyl groups is 1. The Morgan fingerprint density at radius 3 is 1.45 bits per heavy atom. The number of carboxylic acids is 1. The quantitative estimate of drug-likeness (QED) is 0.0555. The predicted molar refractivity (Wildman–Crippen MR) is 196 cm³/mol. The van der Waals surface area contributed by atoms with Gasteiger partial charge in [0.25, 0.3) is 0 Å². The van der Waals surface area contributed by atoms with Gasteiger partial charge in [0.2, 0.25) is 35.4 Å². The van der Waals surface area contributed by atoms with Gasteiger partial charge < -0.3 is 63.2 Å². The van der Waals surface area contributed by atoms with Crippen LogP contribution in [0.4, 0.5) is 0 Å². The van der Waals surface area contributed by atoms with Crippen LogP contribution in [0.5, 0.6) is 5.75 Å². The molecule has 0 fully saturated rings. The molecule has 0 saturated carbocycles. The van der Waals surface area contributed by atoms with Crippen LogP contribution in [0.25, 0.3) is 0 Å². The van der Waals surface area contributed by atoms with Crippen molar-refractivity contribution < 1.29 is 59.1 Å². The zero-order valence-electron chi connectivity index (χ0n) is 30.7. The standard InChI is InChI=1S/C36H51N7O12/c1-19(2)13-25(32(50)40-27(15-22-9-11-23(47)12-10-22)34(52)43-29(18-46)36(54)55)39-33(51)26(14-21-7-5-4-6-8-21)41-35(53)28(17-45)42-30(48)20(3)38-31(49)24(37)16-44/h4-12,19-20,24-29,44-47H,13-18,37H2,1-3H3,(H,38,49)(H,39,51)(H,40,50)(H,41,53)(H,42,48)(H,43,52)(H,54,55)/t20-,24-,25-,26-,27-,28-,29-/m0/s1. The fourth-order valence-corrected chi connectivity index (χ4v) is 5.07. The van der Waals surface area contributed by atoms with Crippen LogP contribution in [0.1, 0.15) is 38.3 Å². The second-order valence-corrected chi connectivity index (χ2v) is 13.2. The van der Waals surface area contributed by atoms with E-state index in [1.165, 1.54) is 31.2 Å². The Hall–Kier alpha value is -5.63. The van der Waals surface area contributed by atoms with Crippen LogP contribution in [-0.2, 0) is 46.4 Å². The van der Waals surface area contributed by atoms with E-state index in [4.69, 9.17) is 10.8 Å². The molecular formula is C36H51N7O12. The van der Waals surface area contributed by atoms with Gasteiger partial charge >= 0.3 is 5.97 Å². The lowest BCUT2D eigenvalue weighted by Crippen LogP contribution is -2.61. The van der Waals surface area contributed by atoms with Crippen molar-refractivity contribution in [3.63, 3.8) is 0 Å². The number of hydrogen-bond acceptors (Lipinski definition) is 12. The SMILES string of the molecule is CC(C)C[C@H](NC(=O)[C@H](Cc1ccccc1)NC(=O)[C@H](CO)NC(=O)[C@H](C)NC(=O)[C@@H](N)CO)C(=O)N[C@@H](Cc1ccc(O)cc1)C(=O)N[C@@H](CO)C(=O)O. The molecule has 0 aliphatic carbocycles. The van der Waals surface area contributed by atoms with Crippen molar-refractivity contribution in [3.05, 3.63) is 65.7 Å². The highest BCUT2D eigenvalue weighted by atomic mass is 16.4. The van der Waals surface area contributed by atoms with Crippen molar-refractivity contribution in [2.75, 3.05) is 19.8 Å². The zero-order chi connectivity index (χ0) is 41.2. The van der Waals surface area contributed by atoms with E-state index >= 15 is 0 Å². The number of nitrogens with two attached hydrogens (primary N) is 1. The van der Waals surface area contributed by atoms with E-state index in [2.05, 4.69) is 31.9 Å². The molecule has 13 N–H and O–H groups in total. The highest BCUT2D eigenvalue weighted by Crippen LogP contribution is 2.13. The molecule has 302 valence electrons. The molecule has 0 aliphatic heterocycles. The number of aliphatic carboxylic acids is 1. The van der Waals surface area contributed by atoms with Crippen LogP contribution in [0.2, 0.25) is 0 Å². The Bertz CT molecular complexity index is 1610. The summed E-state index contributed by atoms with van der Waals surface area (Å²) in [4.78, 5) is 90.6. The van der Waals surface area contributed by atoms with Crippen LogP contribution in [0.15, 0.2) is 54.6 Å². The van der Waals surface area contributed by atoms with Gasteiger partial charge in [0.15, 0.2) is 0 Å². The monoisotopic (exact) mass is 773 g/mol. The molecule has 0 saturated heterocycles. The number of hydrogen-bond donors (Lipinski definition) is 12. The largest absolute Gasteiger partial charge is 0.508 e. The second-order valence-electron chi connectivity index (χ2n) is 13.2. The number of benzene rings is 2. The summed E-state index contributed by atoms with van der Waals surface area (Å²) in [6.07, 6.45) is -0.227. The molecule has 0 aliphatic rings. The third-order valence-corrected chi connectivity index (χ3v) is 8.16. The molecule has 19 heteroatoms. The van der Waals surface area contributed by atoms with Crippen molar-refractivity contribution in [2.24, 2.45) is 11.7 Å². The highest BCUT2D eigenvalue weighted by molar-refractivity contribution is 5.97. The molecule has 19 nitrogen and oxygen atoms in total. The lowest BCUT2D eigenvalue weighted by Gasteiger charge is -2.27. The van der Waals surface area contributed by atoms with E-state index in [0.717, 1.165) is 0 Å². The topological polar surface area (TPSA) is 319 Å². The first kappa shape index (κ1) is 45.5. The number of rotatable bonds is 22. The Balaban J connectivity index is 2.34. The maximum absolute atomic E-state index is 13.9. The molecule has 0 aromatic heterocycles. The van der Waals surface area contributed by atoms with Gasteiger partial charge in [-0.05, 0) is 42.5 Å². The molecule has 0 unspecified atom stereocenters. The van der Waals surface area contributed by atoms with Gasteiger partial charge in [0.05, 0.1) is 19.8 Å². The minimum atomic E-state index is -1.68. The molecule has 6 amide bonds. The number of aliphatic hydroxyl groups is 3. The fourth-order valence-electron chi connectivity index (χ4n) is 5.07. The summed E-state index contributed by atoms with van der Waals surface area (Å²) in [6.45, 7) is 2.30. The van der Waals surface area contributed by atoms with Crippen molar-refractivity contribution >= 4 is 41.4 Å². The normalized spacial score (nSPS) is 14.8. The number of nitrogens with one attached hydrogen (secondary N) is 6. The summed E-state index contributed by atoms with van der Waals surface area (Å²) in [5, 5.41) is 62.0. The number of carbonyl (C=O) groups is 7. The van der Waals surface area contributed by atoms with Crippen molar-refractivity contribution in [2.45, 2.75) is 82.3 Å². The number of phenolic OH excluding ortho intramolecular Hbond substituents is 1. The van der Waals surface area contributed by atoms with Crippen LogP contribution in [0, 0.1) is 5.92 Å². The highest BCUT2D eigenvalue weighted by Gasteiger charge is 2.33. The van der Waals surface area contributed by atoms with E-state index in [1.54, 1.807) is 44.2 Å². The first-order valence-electron chi connectivity index (χ1n) is 17.4. The number of aliphatic hydroxyl groups excluding tert-OH is 3. The molecule has 7 atom stereocenters. The van der Waals surface area contributed by atoms with Gasteiger partial charge in [0.1, 0.15) is 48.0 Å². The molecule has 0 spiro atoms. The molecule has 2 aromatic rings. The summed E-state index contributed by atoms with van der Waals surface area (Å²) in [7, 11) is 0. The third kappa shape index (κ3) is 15.3. The molecule has 0 bridgehead atoms. The summed E-state index contributed by atoms with van der Waals surface area (Å²) in [5.74, 6) is -7.11. The first-order valence-corrected chi connectivity index (χ1v) is 17.4. The van der Waals surface area contributed by atoms with E-state index in [-0.39, 0.29) is 30.9 Å². The number of amides is 6. The summed E-state index contributed by atoms with van der Waals surface area (Å²) in [6, 6.07) is 4.27. The maximum Gasteiger partial charge on any atom is 0.328 e. The summed E-state index contributed by atoms with van der Waals surface area (Å²) < 4.78 is 0. The molecule has 2 aromatic carbocycles. The molecular weight excluding hydrogens is 722 g/mol.